The van der Waals surface area contributed by atoms with Crippen molar-refractivity contribution in [2.75, 3.05) is 18.3 Å². The minimum atomic E-state index is -4.54. The number of carbonyl (C=O) groups is 1. The van der Waals surface area contributed by atoms with Crippen molar-refractivity contribution in [3.05, 3.63) is 68.4 Å². The van der Waals surface area contributed by atoms with Crippen molar-refractivity contribution in [2.24, 2.45) is 0 Å². The Labute approximate surface area is 219 Å². The van der Waals surface area contributed by atoms with Gasteiger partial charge in [-0.05, 0) is 65.3 Å². The van der Waals surface area contributed by atoms with Gasteiger partial charge in [-0.15, -0.1) is 0 Å². The van der Waals surface area contributed by atoms with Gasteiger partial charge in [0, 0.05) is 28.8 Å². The molecule has 1 aliphatic rings. The molecule has 1 amide bonds. The maximum Gasteiger partial charge on any atom is 0.265 e. The molecule has 0 aliphatic carbocycles. The molecule has 184 valence electrons. The Balaban J connectivity index is 1.99. The van der Waals surface area contributed by atoms with Gasteiger partial charge in [-0.25, -0.2) is 12.8 Å². The second-order valence-corrected chi connectivity index (χ2v) is 11.3. The smallest absolute Gasteiger partial charge is 0.265 e. The Hall–Kier alpha value is -2.53. The Morgan fingerprint density at radius 3 is 2.60 bits per heavy atom. The number of phenols is 1. The van der Waals surface area contributed by atoms with E-state index < -0.39 is 44.2 Å². The number of likely N-dealkylation sites (N-methyl/N-ethyl adjacent to an activating group) is 1. The number of rotatable bonds is 0. The predicted octanol–water partition coefficient (Wildman–Crippen LogP) is 5.92. The lowest BCUT2D eigenvalue weighted by molar-refractivity contribution is 0.0727. The van der Waals surface area contributed by atoms with Gasteiger partial charge in [0.15, 0.2) is 0 Å². The fourth-order valence-electron chi connectivity index (χ4n) is 3.69. The summed E-state index contributed by atoms with van der Waals surface area (Å²) < 4.78 is 49.4. The highest BCUT2D eigenvalue weighted by Gasteiger charge is 2.27. The van der Waals surface area contributed by atoms with Crippen molar-refractivity contribution in [3.63, 3.8) is 0 Å². The highest BCUT2D eigenvalue weighted by molar-refractivity contribution is 9.10. The van der Waals surface area contributed by atoms with E-state index in [0.29, 0.717) is 16.3 Å². The first-order chi connectivity index (χ1) is 16.4. The van der Waals surface area contributed by atoms with E-state index in [1.165, 1.54) is 24.1 Å². The van der Waals surface area contributed by atoms with E-state index in [2.05, 4.69) is 20.7 Å². The Kier molecular flexibility index (Phi) is 6.93. The van der Waals surface area contributed by atoms with E-state index in [-0.39, 0.29) is 27.2 Å². The second kappa shape index (κ2) is 9.50. The van der Waals surface area contributed by atoms with Crippen LogP contribution < -0.4 is 9.46 Å². The first-order valence-electron chi connectivity index (χ1n) is 10.1. The first-order valence-corrected chi connectivity index (χ1v) is 13.2. The van der Waals surface area contributed by atoms with E-state index in [9.17, 15) is 22.7 Å². The molecule has 12 heteroatoms. The van der Waals surface area contributed by atoms with Crippen molar-refractivity contribution < 1.29 is 27.4 Å². The SMILES string of the molecule is C[C@H]1CN(C)C(=O)c2cc(Br)c(O)c(c2)S(=O)(=O)Nc2cc(c(Cl)cc2F)-c2cc(Cl)ccc2O1. The highest BCUT2D eigenvalue weighted by atomic mass is 79.9. The number of carbonyl (C=O) groups excluding carboxylic acids is 1. The van der Waals surface area contributed by atoms with Gasteiger partial charge in [0.05, 0.1) is 21.7 Å². The van der Waals surface area contributed by atoms with Gasteiger partial charge in [0.2, 0.25) is 0 Å². The Morgan fingerprint density at radius 1 is 1.17 bits per heavy atom. The number of hydrogen-bond acceptors (Lipinski definition) is 5. The van der Waals surface area contributed by atoms with Gasteiger partial charge in [-0.3, -0.25) is 9.52 Å². The van der Waals surface area contributed by atoms with Gasteiger partial charge in [-0.1, -0.05) is 23.2 Å². The lowest BCUT2D eigenvalue weighted by Crippen LogP contribution is -2.35. The summed E-state index contributed by atoms with van der Waals surface area (Å²) in [5.41, 5.74) is 0.213. The number of nitrogens with one attached hydrogen (secondary N) is 1. The van der Waals surface area contributed by atoms with Crippen LogP contribution in [0, 0.1) is 5.82 Å². The van der Waals surface area contributed by atoms with Gasteiger partial charge in [0.1, 0.15) is 28.3 Å². The zero-order valence-electron chi connectivity index (χ0n) is 18.3. The molecule has 0 fully saturated rings. The number of nitrogens with zero attached hydrogens (tertiary/aromatic N) is 1. The molecule has 1 aliphatic heterocycles. The molecule has 0 spiro atoms. The van der Waals surface area contributed by atoms with Crippen LogP contribution in [0.5, 0.6) is 11.5 Å². The molecule has 0 saturated carbocycles. The molecule has 2 N–H and O–H groups in total. The average molecular weight is 604 g/mol. The van der Waals surface area contributed by atoms with Crippen LogP contribution >= 0.6 is 39.1 Å². The minimum Gasteiger partial charge on any atom is -0.505 e. The Morgan fingerprint density at radius 2 is 1.89 bits per heavy atom. The zero-order chi connectivity index (χ0) is 25.7. The van der Waals surface area contributed by atoms with Gasteiger partial charge in [-0.2, -0.15) is 0 Å². The predicted molar refractivity (Wildman–Crippen MR) is 136 cm³/mol. The number of phenolic OH excluding ortho intramolecular Hbond substituents is 1. The average Bonchev–Trinajstić information content (AvgIpc) is 2.77. The molecule has 1 atom stereocenters. The summed E-state index contributed by atoms with van der Waals surface area (Å²) in [6.45, 7) is 1.89. The molecular weight excluding hydrogens is 586 g/mol. The third-order valence-corrected chi connectivity index (χ3v) is 7.83. The highest BCUT2D eigenvalue weighted by Crippen LogP contribution is 2.41. The number of aromatic hydroxyl groups is 1. The summed E-state index contributed by atoms with van der Waals surface area (Å²) in [6, 6.07) is 9.26. The third kappa shape index (κ3) is 5.06. The molecule has 4 rings (SSSR count). The molecule has 7 nitrogen and oxygen atoms in total. The van der Waals surface area contributed by atoms with E-state index in [1.54, 1.807) is 25.1 Å². The van der Waals surface area contributed by atoms with E-state index in [0.717, 1.165) is 12.1 Å². The summed E-state index contributed by atoms with van der Waals surface area (Å²) >= 11 is 15.6. The van der Waals surface area contributed by atoms with Crippen LogP contribution in [0.2, 0.25) is 10.0 Å². The molecule has 1 heterocycles. The van der Waals surface area contributed by atoms with Gasteiger partial charge < -0.3 is 14.7 Å². The van der Waals surface area contributed by atoms with E-state index in [1.807, 2.05) is 0 Å². The van der Waals surface area contributed by atoms with Crippen molar-refractivity contribution in [1.29, 1.82) is 0 Å². The number of halogens is 4. The fraction of sp³-hybridized carbons (Fsp3) is 0.174. The maximum absolute atomic E-state index is 14.8. The van der Waals surface area contributed by atoms with Crippen LogP contribution in [-0.2, 0) is 10.0 Å². The quantitative estimate of drug-likeness (QED) is 0.332. The fourth-order valence-corrected chi connectivity index (χ4v) is 5.91. The minimum absolute atomic E-state index is 0.00517. The van der Waals surface area contributed by atoms with Gasteiger partial charge >= 0.3 is 0 Å². The molecule has 0 unspecified atom stereocenters. The van der Waals surface area contributed by atoms with Crippen molar-refractivity contribution in [1.82, 2.24) is 4.90 Å². The molecule has 0 radical (unpaired) electrons. The molecule has 0 aromatic heterocycles. The lowest BCUT2D eigenvalue weighted by Gasteiger charge is -2.24. The van der Waals surface area contributed by atoms with Crippen LogP contribution in [0.4, 0.5) is 10.1 Å². The summed E-state index contributed by atoms with van der Waals surface area (Å²) in [4.78, 5) is 13.8. The van der Waals surface area contributed by atoms with Crippen molar-refractivity contribution >= 4 is 60.7 Å². The maximum atomic E-state index is 14.8. The molecule has 0 saturated heterocycles. The molecule has 3 aromatic carbocycles. The van der Waals surface area contributed by atoms with Crippen LogP contribution in [0.3, 0.4) is 0 Å². The molecule has 3 aromatic rings. The second-order valence-electron chi connectivity index (χ2n) is 7.98. The first kappa shape index (κ1) is 25.6. The third-order valence-electron chi connectivity index (χ3n) is 5.30. The van der Waals surface area contributed by atoms with Crippen molar-refractivity contribution in [3.8, 4) is 22.6 Å². The number of ether oxygens (including phenoxy) is 1. The Bertz CT molecular complexity index is 1470. The number of hydrogen-bond donors (Lipinski definition) is 2. The van der Waals surface area contributed by atoms with Crippen LogP contribution in [0.1, 0.15) is 17.3 Å². The van der Waals surface area contributed by atoms with E-state index >= 15 is 0 Å². The van der Waals surface area contributed by atoms with Crippen LogP contribution in [0.15, 0.2) is 51.8 Å². The number of amides is 1. The number of fused-ring (bicyclic) bond motifs is 6. The summed E-state index contributed by atoms with van der Waals surface area (Å²) in [5, 5.41) is 10.8. The summed E-state index contributed by atoms with van der Waals surface area (Å²) in [7, 11) is -3.01. The van der Waals surface area contributed by atoms with Crippen LogP contribution in [-0.4, -0.2) is 44.0 Å². The number of sulfonamides is 1. The topological polar surface area (TPSA) is 95.9 Å². The number of anilines is 1. The lowest BCUT2D eigenvalue weighted by atomic mass is 10.0. The van der Waals surface area contributed by atoms with Crippen LogP contribution in [0.25, 0.3) is 11.1 Å². The largest absolute Gasteiger partial charge is 0.505 e. The molecule has 35 heavy (non-hydrogen) atoms. The monoisotopic (exact) mass is 602 g/mol. The van der Waals surface area contributed by atoms with Crippen molar-refractivity contribution in [2.45, 2.75) is 17.9 Å². The summed E-state index contributed by atoms with van der Waals surface area (Å²) in [6.07, 6.45) is -0.505. The number of benzene rings is 3. The van der Waals surface area contributed by atoms with Gasteiger partial charge in [0.25, 0.3) is 15.9 Å². The van der Waals surface area contributed by atoms with E-state index in [4.69, 9.17) is 27.9 Å². The standard InChI is InChI=1S/C23H18BrCl2FN2O5S/c1-11-10-29(2)23(31)12-5-16(24)22(30)21(6-12)35(32,33)28-19-8-14(17(26)9-18(19)27)15-7-13(25)3-4-20(15)34-11/h3-9,11,28,30H,10H2,1-2H3/t11-/m0/s1. The summed E-state index contributed by atoms with van der Waals surface area (Å²) in [5.74, 6) is -1.75. The molecular formula is C23H18BrCl2FN2O5S. The normalized spacial score (nSPS) is 17.5. The molecule has 4 bridgehead atoms. The zero-order valence-corrected chi connectivity index (χ0v) is 22.2.